The molecule has 2 rings (SSSR count). The zero-order valence-electron chi connectivity index (χ0n) is 14.2. The third kappa shape index (κ3) is 6.10. The molecule has 0 aliphatic heterocycles. The van der Waals surface area contributed by atoms with Crippen LogP contribution in [0.3, 0.4) is 0 Å². The molecule has 0 radical (unpaired) electrons. The number of benzene rings is 1. The minimum atomic E-state index is -0.407. The topological polar surface area (TPSA) is 76.7 Å². The number of para-hydroxylation sites is 2. The molecule has 24 heavy (non-hydrogen) atoms. The van der Waals surface area contributed by atoms with Crippen LogP contribution in [0.5, 0.6) is 11.5 Å². The van der Waals surface area contributed by atoms with Crippen molar-refractivity contribution in [2.24, 2.45) is 5.92 Å². The SMILES string of the molecule is CCOc1ccccc1OCC(=O)NNC(=O)CCC1CCCC1. The van der Waals surface area contributed by atoms with E-state index >= 15 is 0 Å². The Labute approximate surface area is 142 Å². The first-order chi connectivity index (χ1) is 11.7. The molecule has 1 fully saturated rings. The van der Waals surface area contributed by atoms with Crippen molar-refractivity contribution in [3.8, 4) is 11.5 Å². The summed E-state index contributed by atoms with van der Waals surface area (Å²) in [5, 5.41) is 0. The molecule has 6 nitrogen and oxygen atoms in total. The highest BCUT2D eigenvalue weighted by atomic mass is 16.5. The van der Waals surface area contributed by atoms with Gasteiger partial charge in [0.05, 0.1) is 6.61 Å². The Morgan fingerprint density at radius 3 is 2.33 bits per heavy atom. The van der Waals surface area contributed by atoms with Crippen LogP contribution in [0.15, 0.2) is 24.3 Å². The lowest BCUT2D eigenvalue weighted by atomic mass is 10.0. The van der Waals surface area contributed by atoms with Gasteiger partial charge in [0.25, 0.3) is 5.91 Å². The first-order valence-corrected chi connectivity index (χ1v) is 8.61. The molecular weight excluding hydrogens is 308 g/mol. The lowest BCUT2D eigenvalue weighted by Gasteiger charge is -2.12. The van der Waals surface area contributed by atoms with E-state index in [-0.39, 0.29) is 12.5 Å². The van der Waals surface area contributed by atoms with Gasteiger partial charge in [0.2, 0.25) is 5.91 Å². The van der Waals surface area contributed by atoms with Crippen molar-refractivity contribution in [1.29, 1.82) is 0 Å². The quantitative estimate of drug-likeness (QED) is 0.717. The van der Waals surface area contributed by atoms with Gasteiger partial charge >= 0.3 is 0 Å². The molecule has 1 aliphatic rings. The lowest BCUT2D eigenvalue weighted by molar-refractivity contribution is -0.130. The highest BCUT2D eigenvalue weighted by Crippen LogP contribution is 2.28. The van der Waals surface area contributed by atoms with E-state index in [1.165, 1.54) is 25.7 Å². The van der Waals surface area contributed by atoms with Gasteiger partial charge in [0, 0.05) is 6.42 Å². The van der Waals surface area contributed by atoms with Gasteiger partial charge in [-0.05, 0) is 31.4 Å². The van der Waals surface area contributed by atoms with E-state index in [9.17, 15) is 9.59 Å². The van der Waals surface area contributed by atoms with Gasteiger partial charge in [-0.2, -0.15) is 0 Å². The maximum absolute atomic E-state index is 11.8. The summed E-state index contributed by atoms with van der Waals surface area (Å²) in [4.78, 5) is 23.5. The largest absolute Gasteiger partial charge is 0.490 e. The molecule has 0 spiro atoms. The van der Waals surface area contributed by atoms with E-state index in [0.717, 1.165) is 6.42 Å². The number of carbonyl (C=O) groups excluding carboxylic acids is 2. The number of rotatable bonds is 8. The minimum absolute atomic E-state index is 0.162. The number of hydrogen-bond donors (Lipinski definition) is 2. The van der Waals surface area contributed by atoms with Crippen LogP contribution in [0.25, 0.3) is 0 Å². The van der Waals surface area contributed by atoms with E-state index in [0.29, 0.717) is 30.4 Å². The standard InChI is InChI=1S/C18H26N2O4/c1-2-23-15-9-5-6-10-16(15)24-13-18(22)20-19-17(21)12-11-14-7-3-4-8-14/h5-6,9-10,14H,2-4,7-8,11-13H2,1H3,(H,19,21)(H,20,22). The van der Waals surface area contributed by atoms with Gasteiger partial charge in [0.1, 0.15) is 0 Å². The highest BCUT2D eigenvalue weighted by molar-refractivity contribution is 5.82. The summed E-state index contributed by atoms with van der Waals surface area (Å²) in [5.41, 5.74) is 4.81. The van der Waals surface area contributed by atoms with Crippen molar-refractivity contribution in [2.45, 2.75) is 45.4 Å². The van der Waals surface area contributed by atoms with E-state index in [2.05, 4.69) is 10.9 Å². The predicted octanol–water partition coefficient (Wildman–Crippen LogP) is 2.58. The molecule has 0 atom stereocenters. The van der Waals surface area contributed by atoms with Crippen LogP contribution in [0.4, 0.5) is 0 Å². The van der Waals surface area contributed by atoms with E-state index < -0.39 is 5.91 Å². The molecule has 1 aromatic carbocycles. The van der Waals surface area contributed by atoms with Gasteiger partial charge in [-0.1, -0.05) is 37.8 Å². The fourth-order valence-corrected chi connectivity index (χ4v) is 2.86. The smallest absolute Gasteiger partial charge is 0.276 e. The number of hydrazine groups is 1. The van der Waals surface area contributed by atoms with Gasteiger partial charge in [-0.3, -0.25) is 20.4 Å². The van der Waals surface area contributed by atoms with Gasteiger partial charge in [-0.25, -0.2) is 0 Å². The molecule has 132 valence electrons. The molecule has 0 heterocycles. The summed E-state index contributed by atoms with van der Waals surface area (Å²) in [5.74, 6) is 1.18. The number of carbonyl (C=O) groups is 2. The van der Waals surface area contributed by atoms with Crippen LogP contribution in [0, 0.1) is 5.92 Å². The first kappa shape index (κ1) is 18.1. The Balaban J connectivity index is 1.65. The summed E-state index contributed by atoms with van der Waals surface area (Å²) in [6.45, 7) is 2.21. The molecule has 1 aromatic rings. The average Bonchev–Trinajstić information content (AvgIpc) is 3.11. The molecule has 0 bridgehead atoms. The Bertz CT molecular complexity index is 542. The summed E-state index contributed by atoms with van der Waals surface area (Å²) < 4.78 is 10.9. The summed E-state index contributed by atoms with van der Waals surface area (Å²) in [6, 6.07) is 7.16. The maximum atomic E-state index is 11.8. The molecule has 0 unspecified atom stereocenters. The molecule has 1 aliphatic carbocycles. The van der Waals surface area contributed by atoms with Crippen LogP contribution in [-0.2, 0) is 9.59 Å². The fraction of sp³-hybridized carbons (Fsp3) is 0.556. The normalized spacial score (nSPS) is 14.2. The Hall–Kier alpha value is -2.24. The van der Waals surface area contributed by atoms with E-state index in [1.807, 2.05) is 13.0 Å². The zero-order valence-corrected chi connectivity index (χ0v) is 14.2. The third-order valence-corrected chi connectivity index (χ3v) is 4.10. The Kier molecular flexibility index (Phi) is 7.39. The number of ether oxygens (including phenoxy) is 2. The van der Waals surface area contributed by atoms with E-state index in [1.54, 1.807) is 18.2 Å². The van der Waals surface area contributed by atoms with Crippen molar-refractivity contribution in [3.63, 3.8) is 0 Å². The van der Waals surface area contributed by atoms with Crippen LogP contribution >= 0.6 is 0 Å². The first-order valence-electron chi connectivity index (χ1n) is 8.61. The van der Waals surface area contributed by atoms with E-state index in [4.69, 9.17) is 9.47 Å². The third-order valence-electron chi connectivity index (χ3n) is 4.10. The minimum Gasteiger partial charge on any atom is -0.490 e. The Morgan fingerprint density at radius 2 is 1.67 bits per heavy atom. The molecule has 6 heteroatoms. The average molecular weight is 334 g/mol. The van der Waals surface area contributed by atoms with Crippen molar-refractivity contribution >= 4 is 11.8 Å². The Morgan fingerprint density at radius 1 is 1.04 bits per heavy atom. The maximum Gasteiger partial charge on any atom is 0.276 e. The van der Waals surface area contributed by atoms with Crippen molar-refractivity contribution in [3.05, 3.63) is 24.3 Å². The second kappa shape index (κ2) is 9.80. The van der Waals surface area contributed by atoms with Crippen LogP contribution in [0.1, 0.15) is 45.4 Å². The predicted molar refractivity (Wildman–Crippen MR) is 90.6 cm³/mol. The van der Waals surface area contributed by atoms with Gasteiger partial charge in [-0.15, -0.1) is 0 Å². The molecule has 2 amide bonds. The van der Waals surface area contributed by atoms with Gasteiger partial charge < -0.3 is 9.47 Å². The summed E-state index contributed by atoms with van der Waals surface area (Å²) in [7, 11) is 0. The number of nitrogens with one attached hydrogen (secondary N) is 2. The highest BCUT2D eigenvalue weighted by Gasteiger charge is 2.16. The molecule has 1 saturated carbocycles. The van der Waals surface area contributed by atoms with Gasteiger partial charge in [0.15, 0.2) is 18.1 Å². The van der Waals surface area contributed by atoms with Crippen LogP contribution in [0.2, 0.25) is 0 Å². The number of amides is 2. The summed E-state index contributed by atoms with van der Waals surface area (Å²) in [6.07, 6.45) is 6.30. The second-order valence-electron chi connectivity index (χ2n) is 5.95. The molecule has 2 N–H and O–H groups in total. The van der Waals surface area contributed by atoms with Crippen LogP contribution < -0.4 is 20.3 Å². The van der Waals surface area contributed by atoms with Crippen molar-refractivity contribution < 1.29 is 19.1 Å². The fourth-order valence-electron chi connectivity index (χ4n) is 2.86. The molecule has 0 saturated heterocycles. The monoisotopic (exact) mass is 334 g/mol. The molecular formula is C18H26N2O4. The second-order valence-corrected chi connectivity index (χ2v) is 5.95. The van der Waals surface area contributed by atoms with Crippen LogP contribution in [-0.4, -0.2) is 25.0 Å². The zero-order chi connectivity index (χ0) is 17.2. The van der Waals surface area contributed by atoms with Crippen molar-refractivity contribution in [2.75, 3.05) is 13.2 Å². The van der Waals surface area contributed by atoms with Crippen molar-refractivity contribution in [1.82, 2.24) is 10.9 Å². The summed E-state index contributed by atoms with van der Waals surface area (Å²) >= 11 is 0. The number of hydrogen-bond acceptors (Lipinski definition) is 4. The molecule has 0 aromatic heterocycles. The lowest BCUT2D eigenvalue weighted by Crippen LogP contribution is -2.43.